The summed E-state index contributed by atoms with van der Waals surface area (Å²) in [5.74, 6) is 0.0340. The molecule has 0 heterocycles. The molecule has 1 saturated carbocycles. The molecule has 0 bridgehead atoms. The fourth-order valence-electron chi connectivity index (χ4n) is 2.01. The molecule has 1 fully saturated rings. The van der Waals surface area contributed by atoms with Gasteiger partial charge >= 0.3 is 6.18 Å². The molecule has 0 amide bonds. The SMILES string of the molecule is CCCS(=O)(=O)c1ccc(NC2(C(F)(F)F)CC2)cc1. The van der Waals surface area contributed by atoms with Crippen LogP contribution in [0.2, 0.25) is 0 Å². The van der Waals surface area contributed by atoms with Crippen LogP contribution in [0.15, 0.2) is 29.2 Å². The molecule has 0 spiro atoms. The monoisotopic (exact) mass is 307 g/mol. The molecular formula is C13H16F3NO2S. The molecule has 112 valence electrons. The molecule has 20 heavy (non-hydrogen) atoms. The summed E-state index contributed by atoms with van der Waals surface area (Å²) in [6.45, 7) is 1.76. The maximum Gasteiger partial charge on any atom is 0.411 e. The standard InChI is InChI=1S/C13H16F3NO2S/c1-2-9-20(18,19)11-5-3-10(4-6-11)17-12(7-8-12)13(14,15)16/h3-6,17H,2,7-9H2,1H3. The van der Waals surface area contributed by atoms with E-state index in [0.717, 1.165) is 0 Å². The van der Waals surface area contributed by atoms with Crippen molar-refractivity contribution < 1.29 is 21.6 Å². The maximum absolute atomic E-state index is 12.8. The Morgan fingerprint density at radius 1 is 1.20 bits per heavy atom. The number of rotatable bonds is 5. The highest BCUT2D eigenvalue weighted by Crippen LogP contribution is 2.51. The Balaban J connectivity index is 2.14. The lowest BCUT2D eigenvalue weighted by Gasteiger charge is -2.22. The normalized spacial score (nSPS) is 17.8. The van der Waals surface area contributed by atoms with Gasteiger partial charge in [0.05, 0.1) is 10.6 Å². The van der Waals surface area contributed by atoms with Crippen molar-refractivity contribution in [1.82, 2.24) is 0 Å². The van der Waals surface area contributed by atoms with Gasteiger partial charge in [0.25, 0.3) is 0 Å². The Morgan fingerprint density at radius 2 is 1.75 bits per heavy atom. The lowest BCUT2D eigenvalue weighted by Crippen LogP contribution is -2.38. The van der Waals surface area contributed by atoms with Gasteiger partial charge in [0, 0.05) is 5.69 Å². The number of halogens is 3. The molecular weight excluding hydrogens is 291 g/mol. The predicted molar refractivity (Wildman–Crippen MR) is 70.4 cm³/mol. The number of alkyl halides is 3. The second-order valence-electron chi connectivity index (χ2n) is 5.05. The van der Waals surface area contributed by atoms with E-state index in [1.807, 2.05) is 0 Å². The van der Waals surface area contributed by atoms with Crippen molar-refractivity contribution in [3.05, 3.63) is 24.3 Å². The van der Waals surface area contributed by atoms with Crippen LogP contribution in [0, 0.1) is 0 Å². The van der Waals surface area contributed by atoms with Crippen LogP contribution in [0.5, 0.6) is 0 Å². The van der Waals surface area contributed by atoms with E-state index in [1.54, 1.807) is 6.92 Å². The Bertz CT molecular complexity index is 575. The van der Waals surface area contributed by atoms with Gasteiger partial charge in [-0.1, -0.05) is 6.92 Å². The highest BCUT2D eigenvalue weighted by molar-refractivity contribution is 7.91. The molecule has 1 aliphatic carbocycles. The summed E-state index contributed by atoms with van der Waals surface area (Å²) in [5.41, 5.74) is -1.55. The maximum atomic E-state index is 12.8. The molecule has 3 nitrogen and oxygen atoms in total. The number of hydrogen-bond acceptors (Lipinski definition) is 3. The van der Waals surface area contributed by atoms with Crippen LogP contribution in [-0.4, -0.2) is 25.9 Å². The van der Waals surface area contributed by atoms with Crippen molar-refractivity contribution >= 4 is 15.5 Å². The third-order valence-corrected chi connectivity index (χ3v) is 5.30. The van der Waals surface area contributed by atoms with E-state index in [0.29, 0.717) is 6.42 Å². The van der Waals surface area contributed by atoms with Gasteiger partial charge in [0.2, 0.25) is 0 Å². The second-order valence-corrected chi connectivity index (χ2v) is 7.16. The first kappa shape index (κ1) is 15.2. The van der Waals surface area contributed by atoms with E-state index in [-0.39, 0.29) is 29.2 Å². The first-order valence-corrected chi connectivity index (χ1v) is 8.03. The lowest BCUT2D eigenvalue weighted by molar-refractivity contribution is -0.151. The molecule has 1 aromatic carbocycles. The minimum atomic E-state index is -4.29. The van der Waals surface area contributed by atoms with Gasteiger partial charge in [-0.25, -0.2) is 8.42 Å². The zero-order valence-corrected chi connectivity index (χ0v) is 11.8. The van der Waals surface area contributed by atoms with E-state index in [1.165, 1.54) is 24.3 Å². The van der Waals surface area contributed by atoms with E-state index in [9.17, 15) is 21.6 Å². The fraction of sp³-hybridized carbons (Fsp3) is 0.538. The van der Waals surface area contributed by atoms with Crippen LogP contribution in [0.25, 0.3) is 0 Å². The Morgan fingerprint density at radius 3 is 2.15 bits per heavy atom. The zero-order valence-electron chi connectivity index (χ0n) is 11.0. The topological polar surface area (TPSA) is 46.2 Å². The molecule has 0 unspecified atom stereocenters. The summed E-state index contributed by atoms with van der Waals surface area (Å²) >= 11 is 0. The largest absolute Gasteiger partial charge is 0.411 e. The van der Waals surface area contributed by atoms with E-state index < -0.39 is 21.6 Å². The van der Waals surface area contributed by atoms with Crippen LogP contribution in [-0.2, 0) is 9.84 Å². The first-order chi connectivity index (χ1) is 9.20. The first-order valence-electron chi connectivity index (χ1n) is 6.38. The van der Waals surface area contributed by atoms with Crippen LogP contribution in [0.1, 0.15) is 26.2 Å². The predicted octanol–water partition coefficient (Wildman–Crippen LogP) is 3.38. The highest BCUT2D eigenvalue weighted by atomic mass is 32.2. The van der Waals surface area contributed by atoms with Crippen molar-refractivity contribution in [2.75, 3.05) is 11.1 Å². The molecule has 1 aromatic rings. The van der Waals surface area contributed by atoms with E-state index in [2.05, 4.69) is 5.32 Å². The van der Waals surface area contributed by atoms with E-state index in [4.69, 9.17) is 0 Å². The molecule has 0 atom stereocenters. The minimum Gasteiger partial charge on any atom is -0.372 e. The van der Waals surface area contributed by atoms with Gasteiger partial charge in [0.1, 0.15) is 5.54 Å². The Labute approximate surface area is 116 Å². The number of benzene rings is 1. The van der Waals surface area contributed by atoms with Crippen molar-refractivity contribution in [2.24, 2.45) is 0 Å². The van der Waals surface area contributed by atoms with Crippen molar-refractivity contribution in [1.29, 1.82) is 0 Å². The van der Waals surface area contributed by atoms with Crippen LogP contribution < -0.4 is 5.32 Å². The zero-order chi connectivity index (χ0) is 15.0. The second kappa shape index (κ2) is 4.95. The summed E-state index contributed by atoms with van der Waals surface area (Å²) in [7, 11) is -3.33. The number of sulfone groups is 1. The average Bonchev–Trinajstić information content (AvgIpc) is 3.10. The summed E-state index contributed by atoms with van der Waals surface area (Å²) in [6, 6.07) is 5.46. The van der Waals surface area contributed by atoms with E-state index >= 15 is 0 Å². The molecule has 7 heteroatoms. The smallest absolute Gasteiger partial charge is 0.372 e. The summed E-state index contributed by atoms with van der Waals surface area (Å²) in [5, 5.41) is 2.46. The summed E-state index contributed by atoms with van der Waals surface area (Å²) in [6.07, 6.45) is -3.70. The molecule has 1 aliphatic rings. The van der Waals surface area contributed by atoms with Gasteiger partial charge in [0.15, 0.2) is 9.84 Å². The lowest BCUT2D eigenvalue weighted by atomic mass is 10.2. The molecule has 0 saturated heterocycles. The minimum absolute atomic E-state index is 0.0340. The fourth-order valence-corrected chi connectivity index (χ4v) is 3.34. The number of anilines is 1. The van der Waals surface area contributed by atoms with Gasteiger partial charge in [-0.3, -0.25) is 0 Å². The van der Waals surface area contributed by atoms with Crippen molar-refractivity contribution in [2.45, 2.75) is 42.8 Å². The van der Waals surface area contributed by atoms with Gasteiger partial charge in [-0.05, 0) is 43.5 Å². The third kappa shape index (κ3) is 2.92. The molecule has 1 N–H and O–H groups in total. The summed E-state index contributed by atoms with van der Waals surface area (Å²) in [4.78, 5) is 0.141. The molecule has 2 rings (SSSR count). The molecule has 0 aliphatic heterocycles. The van der Waals surface area contributed by atoms with Gasteiger partial charge < -0.3 is 5.32 Å². The average molecular weight is 307 g/mol. The van der Waals surface area contributed by atoms with Crippen molar-refractivity contribution in [3.8, 4) is 0 Å². The van der Waals surface area contributed by atoms with Crippen LogP contribution in [0.4, 0.5) is 18.9 Å². The number of nitrogens with one attached hydrogen (secondary N) is 1. The van der Waals surface area contributed by atoms with Gasteiger partial charge in [-0.15, -0.1) is 0 Å². The quantitative estimate of drug-likeness (QED) is 0.907. The molecule has 0 aromatic heterocycles. The summed E-state index contributed by atoms with van der Waals surface area (Å²) < 4.78 is 62.0. The third-order valence-electron chi connectivity index (χ3n) is 3.36. The van der Waals surface area contributed by atoms with Crippen LogP contribution >= 0.6 is 0 Å². The Kier molecular flexibility index (Phi) is 3.75. The van der Waals surface area contributed by atoms with Crippen molar-refractivity contribution in [3.63, 3.8) is 0 Å². The van der Waals surface area contributed by atoms with Gasteiger partial charge in [-0.2, -0.15) is 13.2 Å². The highest BCUT2D eigenvalue weighted by Gasteiger charge is 2.63. The van der Waals surface area contributed by atoms with Crippen LogP contribution in [0.3, 0.4) is 0 Å². The Hall–Kier alpha value is -1.24. The number of hydrogen-bond donors (Lipinski definition) is 1. The molecule has 0 radical (unpaired) electrons.